The van der Waals surface area contributed by atoms with Crippen molar-refractivity contribution in [2.24, 2.45) is 0 Å². The molecule has 3 nitrogen and oxygen atoms in total. The molecule has 116 valence electrons. The molecule has 0 aliphatic rings. The highest BCUT2D eigenvalue weighted by Gasteiger charge is 2.14. The highest BCUT2D eigenvalue weighted by molar-refractivity contribution is 6.42. The van der Waals surface area contributed by atoms with E-state index >= 15 is 0 Å². The van der Waals surface area contributed by atoms with Crippen molar-refractivity contribution in [2.75, 3.05) is 18.9 Å². The van der Waals surface area contributed by atoms with Crippen molar-refractivity contribution in [3.05, 3.63) is 63.6 Å². The van der Waals surface area contributed by atoms with Crippen molar-refractivity contribution in [1.82, 2.24) is 0 Å². The van der Waals surface area contributed by atoms with Crippen molar-refractivity contribution >= 4 is 34.8 Å². The molecular formula is C17H19Cl2N2O+. The van der Waals surface area contributed by atoms with Crippen molar-refractivity contribution < 1.29 is 9.69 Å². The lowest BCUT2D eigenvalue weighted by molar-refractivity contribution is -0.885. The van der Waals surface area contributed by atoms with E-state index in [4.69, 9.17) is 23.2 Å². The molecule has 1 amide bonds. The zero-order chi connectivity index (χ0) is 16.1. The van der Waals surface area contributed by atoms with Crippen LogP contribution < -0.4 is 10.2 Å². The predicted molar refractivity (Wildman–Crippen MR) is 91.7 cm³/mol. The van der Waals surface area contributed by atoms with Crippen LogP contribution in [-0.4, -0.2) is 19.5 Å². The standard InChI is InChI=1S/C17H18Cl2N2O/c1-12-6-3-4-9-15(12)20-16(22)11-21(2)10-13-7-5-8-14(18)17(13)19/h3-9H,10-11H2,1-2H3,(H,20,22)/p+1. The smallest absolute Gasteiger partial charge is 0.279 e. The first-order chi connectivity index (χ1) is 10.5. The quantitative estimate of drug-likeness (QED) is 0.864. The monoisotopic (exact) mass is 337 g/mol. The second kappa shape index (κ2) is 7.63. The highest BCUT2D eigenvalue weighted by Crippen LogP contribution is 2.24. The van der Waals surface area contributed by atoms with Crippen LogP contribution in [-0.2, 0) is 11.3 Å². The average molecular weight is 338 g/mol. The Kier molecular flexibility index (Phi) is 5.83. The molecule has 2 aromatic carbocycles. The van der Waals surface area contributed by atoms with Gasteiger partial charge < -0.3 is 10.2 Å². The molecular weight excluding hydrogens is 319 g/mol. The van der Waals surface area contributed by atoms with E-state index < -0.39 is 0 Å². The zero-order valence-corrected chi connectivity index (χ0v) is 14.1. The fourth-order valence-electron chi connectivity index (χ4n) is 2.25. The van der Waals surface area contributed by atoms with Gasteiger partial charge in [-0.3, -0.25) is 4.79 Å². The van der Waals surface area contributed by atoms with Gasteiger partial charge in [0, 0.05) is 11.3 Å². The molecule has 5 heteroatoms. The number of para-hydroxylation sites is 1. The minimum Gasteiger partial charge on any atom is -0.326 e. The highest BCUT2D eigenvalue weighted by atomic mass is 35.5. The van der Waals surface area contributed by atoms with Gasteiger partial charge in [-0.15, -0.1) is 0 Å². The molecule has 0 aliphatic carbocycles. The van der Waals surface area contributed by atoms with Crippen molar-refractivity contribution in [2.45, 2.75) is 13.5 Å². The van der Waals surface area contributed by atoms with Crippen LogP contribution in [0.3, 0.4) is 0 Å². The number of hydrogen-bond donors (Lipinski definition) is 2. The molecule has 0 radical (unpaired) electrons. The first-order valence-electron chi connectivity index (χ1n) is 7.07. The number of carbonyl (C=O) groups excluding carboxylic acids is 1. The van der Waals surface area contributed by atoms with Gasteiger partial charge in [-0.25, -0.2) is 0 Å². The summed E-state index contributed by atoms with van der Waals surface area (Å²) < 4.78 is 0. The van der Waals surface area contributed by atoms with Crippen LogP contribution in [0.15, 0.2) is 42.5 Å². The Morgan fingerprint density at radius 1 is 1.14 bits per heavy atom. The zero-order valence-electron chi connectivity index (χ0n) is 12.6. The van der Waals surface area contributed by atoms with Gasteiger partial charge in [0.05, 0.1) is 17.1 Å². The maximum absolute atomic E-state index is 12.1. The molecule has 22 heavy (non-hydrogen) atoms. The van der Waals surface area contributed by atoms with E-state index in [2.05, 4.69) is 5.32 Å². The van der Waals surface area contributed by atoms with Crippen molar-refractivity contribution in [1.29, 1.82) is 0 Å². The second-order valence-electron chi connectivity index (χ2n) is 5.39. The van der Waals surface area contributed by atoms with Gasteiger partial charge in [0.1, 0.15) is 6.54 Å². The number of benzene rings is 2. The van der Waals surface area contributed by atoms with Gasteiger partial charge in [-0.2, -0.15) is 0 Å². The van der Waals surface area contributed by atoms with E-state index in [1.54, 1.807) is 6.07 Å². The Labute approximate surface area is 140 Å². The fourth-order valence-corrected chi connectivity index (χ4v) is 2.64. The maximum atomic E-state index is 12.1. The Morgan fingerprint density at radius 3 is 2.59 bits per heavy atom. The van der Waals surface area contributed by atoms with Gasteiger partial charge in [-0.1, -0.05) is 53.5 Å². The number of amides is 1. The number of quaternary nitrogens is 1. The lowest BCUT2D eigenvalue weighted by atomic mass is 10.2. The van der Waals surface area contributed by atoms with Crippen LogP contribution in [0.2, 0.25) is 10.0 Å². The number of nitrogens with one attached hydrogen (secondary N) is 2. The Morgan fingerprint density at radius 2 is 1.86 bits per heavy atom. The number of rotatable bonds is 5. The summed E-state index contributed by atoms with van der Waals surface area (Å²) in [5.74, 6) is -0.0232. The lowest BCUT2D eigenvalue weighted by Crippen LogP contribution is -3.08. The normalized spacial score (nSPS) is 12.0. The first kappa shape index (κ1) is 16.8. The SMILES string of the molecule is Cc1ccccc1NC(=O)C[NH+](C)Cc1cccc(Cl)c1Cl. The van der Waals surface area contributed by atoms with Crippen LogP contribution in [0, 0.1) is 6.92 Å². The van der Waals surface area contributed by atoms with Crippen molar-refractivity contribution in [3.8, 4) is 0 Å². The first-order valence-corrected chi connectivity index (χ1v) is 7.82. The molecule has 2 rings (SSSR count). The molecule has 0 fully saturated rings. The molecule has 0 bridgehead atoms. The summed E-state index contributed by atoms with van der Waals surface area (Å²) in [6.45, 7) is 2.97. The number of likely N-dealkylation sites (N-methyl/N-ethyl adjacent to an activating group) is 1. The summed E-state index contributed by atoms with van der Waals surface area (Å²) in [6, 6.07) is 13.3. The molecule has 0 saturated heterocycles. The third-order valence-corrected chi connectivity index (χ3v) is 4.26. The summed E-state index contributed by atoms with van der Waals surface area (Å²) in [5, 5.41) is 4.03. The van der Waals surface area contributed by atoms with E-state index in [9.17, 15) is 4.79 Å². The van der Waals surface area contributed by atoms with E-state index in [1.165, 1.54) is 0 Å². The molecule has 0 aliphatic heterocycles. The van der Waals surface area contributed by atoms with Gasteiger partial charge in [0.25, 0.3) is 5.91 Å². The summed E-state index contributed by atoms with van der Waals surface area (Å²) in [5.41, 5.74) is 2.84. The Hall–Kier alpha value is -1.55. The van der Waals surface area contributed by atoms with Gasteiger partial charge in [0.15, 0.2) is 6.54 Å². The average Bonchev–Trinajstić information content (AvgIpc) is 2.46. The molecule has 1 unspecified atom stereocenters. The number of carbonyl (C=O) groups is 1. The largest absolute Gasteiger partial charge is 0.326 e. The number of anilines is 1. The second-order valence-corrected chi connectivity index (χ2v) is 6.17. The third-order valence-electron chi connectivity index (χ3n) is 3.41. The Balaban J connectivity index is 1.94. The topological polar surface area (TPSA) is 33.5 Å². The molecule has 2 N–H and O–H groups in total. The van der Waals surface area contributed by atoms with Crippen LogP contribution >= 0.6 is 23.2 Å². The molecule has 0 aromatic heterocycles. The van der Waals surface area contributed by atoms with E-state index in [1.807, 2.05) is 50.4 Å². The van der Waals surface area contributed by atoms with E-state index in [0.717, 1.165) is 21.7 Å². The number of aryl methyl sites for hydroxylation is 1. The lowest BCUT2D eigenvalue weighted by Gasteiger charge is -2.15. The maximum Gasteiger partial charge on any atom is 0.279 e. The molecule has 0 saturated carbocycles. The third kappa shape index (κ3) is 4.47. The number of hydrogen-bond acceptors (Lipinski definition) is 1. The van der Waals surface area contributed by atoms with Crippen LogP contribution in [0.25, 0.3) is 0 Å². The van der Waals surface area contributed by atoms with Crippen LogP contribution in [0.1, 0.15) is 11.1 Å². The van der Waals surface area contributed by atoms with Crippen molar-refractivity contribution in [3.63, 3.8) is 0 Å². The fraction of sp³-hybridized carbons (Fsp3) is 0.235. The molecule has 2 aromatic rings. The van der Waals surface area contributed by atoms with E-state index in [-0.39, 0.29) is 5.91 Å². The number of halogens is 2. The van der Waals surface area contributed by atoms with E-state index in [0.29, 0.717) is 23.1 Å². The van der Waals surface area contributed by atoms with Crippen LogP contribution in [0.5, 0.6) is 0 Å². The van der Waals surface area contributed by atoms with Gasteiger partial charge in [0.2, 0.25) is 0 Å². The molecule has 0 spiro atoms. The summed E-state index contributed by atoms with van der Waals surface area (Å²) in [6.07, 6.45) is 0. The van der Waals surface area contributed by atoms with Gasteiger partial charge in [-0.05, 0) is 24.6 Å². The summed E-state index contributed by atoms with van der Waals surface area (Å²) in [4.78, 5) is 13.2. The molecule has 0 heterocycles. The summed E-state index contributed by atoms with van der Waals surface area (Å²) >= 11 is 12.2. The minimum absolute atomic E-state index is 0.0232. The Bertz CT molecular complexity index is 673. The summed E-state index contributed by atoms with van der Waals surface area (Å²) in [7, 11) is 1.95. The predicted octanol–water partition coefficient (Wildman–Crippen LogP) is 2.96. The molecule has 1 atom stereocenters. The minimum atomic E-state index is -0.0232. The van der Waals surface area contributed by atoms with Crippen LogP contribution in [0.4, 0.5) is 5.69 Å². The van der Waals surface area contributed by atoms with Gasteiger partial charge >= 0.3 is 0 Å².